The molecule has 1 aliphatic rings. The Labute approximate surface area is 123 Å². The number of nitriles is 1. The Bertz CT molecular complexity index is 688. The summed E-state index contributed by atoms with van der Waals surface area (Å²) in [6.07, 6.45) is 3.96. The van der Waals surface area contributed by atoms with Gasteiger partial charge in [0.2, 0.25) is 0 Å². The highest BCUT2D eigenvalue weighted by Gasteiger charge is 2.17. The maximum atomic E-state index is 9.30. The van der Waals surface area contributed by atoms with Crippen LogP contribution in [0.2, 0.25) is 0 Å². The monoisotopic (exact) mass is 283 g/mol. The van der Waals surface area contributed by atoms with Gasteiger partial charge in [-0.15, -0.1) is 0 Å². The van der Waals surface area contributed by atoms with E-state index in [1.54, 1.807) is 13.3 Å². The molecule has 1 aromatic carbocycles. The minimum Gasteiger partial charge on any atom is -0.494 e. The van der Waals surface area contributed by atoms with E-state index in [1.165, 1.54) is 0 Å². The first-order valence-electron chi connectivity index (χ1n) is 7.04. The molecule has 0 radical (unpaired) electrons. The van der Waals surface area contributed by atoms with Gasteiger partial charge in [0.15, 0.2) is 0 Å². The molecule has 108 valence electrons. The van der Waals surface area contributed by atoms with Gasteiger partial charge in [-0.25, -0.2) is 0 Å². The first kappa shape index (κ1) is 13.7. The largest absolute Gasteiger partial charge is 0.494 e. The number of rotatable bonds is 4. The molecule has 2 aromatic rings. The molecule has 0 bridgehead atoms. The summed E-state index contributed by atoms with van der Waals surface area (Å²) in [6, 6.07) is 7.91. The second-order valence-electron chi connectivity index (χ2n) is 5.03. The minimum atomic E-state index is 0.213. The van der Waals surface area contributed by atoms with E-state index < -0.39 is 0 Å². The highest BCUT2D eigenvalue weighted by atomic mass is 16.5. The Morgan fingerprint density at radius 1 is 1.52 bits per heavy atom. The normalized spacial score (nSPS) is 17.6. The summed E-state index contributed by atoms with van der Waals surface area (Å²) in [5, 5.41) is 13.6. The Kier molecular flexibility index (Phi) is 3.89. The number of methoxy groups -OCH3 is 1. The van der Waals surface area contributed by atoms with Crippen molar-refractivity contribution >= 4 is 16.6 Å². The standard InChI is InChI=1S/C16H17N3O2/c1-20-14-6-2-5-13-15(11(8-17)9-18-16(13)14)19-10-12-4-3-7-21-12/h2,5-6,9,12H,3-4,7,10H2,1H3,(H,18,19). The first-order valence-corrected chi connectivity index (χ1v) is 7.04. The number of para-hydroxylation sites is 1. The van der Waals surface area contributed by atoms with Crippen LogP contribution >= 0.6 is 0 Å². The van der Waals surface area contributed by atoms with Gasteiger partial charge in [0.05, 0.1) is 24.5 Å². The fraction of sp³-hybridized carbons (Fsp3) is 0.375. The van der Waals surface area contributed by atoms with Crippen LogP contribution in [0.5, 0.6) is 5.75 Å². The molecule has 5 heteroatoms. The van der Waals surface area contributed by atoms with Crippen LogP contribution in [-0.2, 0) is 4.74 Å². The predicted octanol–water partition coefficient (Wildman–Crippen LogP) is 2.71. The molecule has 3 rings (SSSR count). The van der Waals surface area contributed by atoms with Gasteiger partial charge in [-0.1, -0.05) is 12.1 Å². The zero-order valence-electron chi connectivity index (χ0n) is 11.9. The van der Waals surface area contributed by atoms with Crippen LogP contribution in [0.4, 0.5) is 5.69 Å². The van der Waals surface area contributed by atoms with Crippen molar-refractivity contribution < 1.29 is 9.47 Å². The van der Waals surface area contributed by atoms with Crippen molar-refractivity contribution in [3.8, 4) is 11.8 Å². The number of hydrogen-bond acceptors (Lipinski definition) is 5. The van der Waals surface area contributed by atoms with Crippen LogP contribution in [0.15, 0.2) is 24.4 Å². The average molecular weight is 283 g/mol. The van der Waals surface area contributed by atoms with Crippen LogP contribution in [0.1, 0.15) is 18.4 Å². The van der Waals surface area contributed by atoms with Crippen molar-refractivity contribution in [3.63, 3.8) is 0 Å². The topological polar surface area (TPSA) is 67.2 Å². The van der Waals surface area contributed by atoms with Crippen molar-refractivity contribution in [1.29, 1.82) is 5.26 Å². The fourth-order valence-corrected chi connectivity index (χ4v) is 2.66. The Morgan fingerprint density at radius 2 is 2.43 bits per heavy atom. The predicted molar refractivity (Wildman–Crippen MR) is 80.5 cm³/mol. The number of anilines is 1. The number of pyridine rings is 1. The van der Waals surface area contributed by atoms with Crippen LogP contribution in [0.25, 0.3) is 10.9 Å². The van der Waals surface area contributed by atoms with Crippen molar-refractivity contribution in [2.75, 3.05) is 25.6 Å². The smallest absolute Gasteiger partial charge is 0.145 e. The molecule has 1 unspecified atom stereocenters. The number of fused-ring (bicyclic) bond motifs is 1. The van der Waals surface area contributed by atoms with E-state index in [0.717, 1.165) is 36.0 Å². The molecule has 21 heavy (non-hydrogen) atoms. The molecule has 2 heterocycles. The second-order valence-corrected chi connectivity index (χ2v) is 5.03. The molecule has 1 fully saturated rings. The van der Waals surface area contributed by atoms with Crippen LogP contribution < -0.4 is 10.1 Å². The van der Waals surface area contributed by atoms with Crippen molar-refractivity contribution in [2.24, 2.45) is 0 Å². The summed E-state index contributed by atoms with van der Waals surface area (Å²) in [7, 11) is 1.62. The molecule has 1 aromatic heterocycles. The second kappa shape index (κ2) is 5.98. The molecule has 5 nitrogen and oxygen atoms in total. The van der Waals surface area contributed by atoms with Crippen molar-refractivity contribution in [1.82, 2.24) is 4.98 Å². The summed E-state index contributed by atoms with van der Waals surface area (Å²) >= 11 is 0. The van der Waals surface area contributed by atoms with Gasteiger partial charge in [0.25, 0.3) is 0 Å². The van der Waals surface area contributed by atoms with E-state index in [0.29, 0.717) is 17.9 Å². The molecule has 0 aliphatic carbocycles. The molecule has 1 atom stereocenters. The summed E-state index contributed by atoms with van der Waals surface area (Å²) < 4.78 is 11.0. The molecule has 0 amide bonds. The third kappa shape index (κ3) is 2.63. The molecule has 1 N–H and O–H groups in total. The number of hydrogen-bond donors (Lipinski definition) is 1. The molecular formula is C16H17N3O2. The lowest BCUT2D eigenvalue weighted by atomic mass is 10.1. The van der Waals surface area contributed by atoms with Crippen LogP contribution in [0.3, 0.4) is 0 Å². The van der Waals surface area contributed by atoms with Gasteiger partial charge >= 0.3 is 0 Å². The van der Waals surface area contributed by atoms with Gasteiger partial charge in [0, 0.05) is 24.7 Å². The van der Waals surface area contributed by atoms with Crippen LogP contribution in [0, 0.1) is 11.3 Å². The highest BCUT2D eigenvalue weighted by molar-refractivity contribution is 5.97. The first-order chi connectivity index (χ1) is 10.3. The lowest BCUT2D eigenvalue weighted by Crippen LogP contribution is -2.19. The molecular weight excluding hydrogens is 266 g/mol. The lowest BCUT2D eigenvalue weighted by Gasteiger charge is -2.15. The zero-order chi connectivity index (χ0) is 14.7. The van der Waals surface area contributed by atoms with E-state index in [-0.39, 0.29) is 6.10 Å². The molecule has 1 aliphatic heterocycles. The lowest BCUT2D eigenvalue weighted by molar-refractivity contribution is 0.120. The van der Waals surface area contributed by atoms with E-state index in [4.69, 9.17) is 9.47 Å². The number of aromatic nitrogens is 1. The number of nitrogens with one attached hydrogen (secondary N) is 1. The maximum Gasteiger partial charge on any atom is 0.145 e. The minimum absolute atomic E-state index is 0.213. The summed E-state index contributed by atoms with van der Waals surface area (Å²) in [5.74, 6) is 0.706. The number of nitrogens with zero attached hydrogens (tertiary/aromatic N) is 2. The fourth-order valence-electron chi connectivity index (χ4n) is 2.66. The quantitative estimate of drug-likeness (QED) is 0.934. The SMILES string of the molecule is COc1cccc2c(NCC3CCCO3)c(C#N)cnc12. The van der Waals surface area contributed by atoms with Crippen LogP contribution in [-0.4, -0.2) is 31.3 Å². The van der Waals surface area contributed by atoms with Gasteiger partial charge in [-0.05, 0) is 18.9 Å². The molecule has 0 saturated carbocycles. The van der Waals surface area contributed by atoms with E-state index >= 15 is 0 Å². The van der Waals surface area contributed by atoms with Gasteiger partial charge < -0.3 is 14.8 Å². The average Bonchev–Trinajstić information content (AvgIpc) is 3.05. The zero-order valence-corrected chi connectivity index (χ0v) is 11.9. The molecule has 0 spiro atoms. The number of benzene rings is 1. The molecule has 1 saturated heterocycles. The van der Waals surface area contributed by atoms with E-state index in [9.17, 15) is 5.26 Å². The van der Waals surface area contributed by atoms with Gasteiger partial charge in [-0.3, -0.25) is 4.98 Å². The summed E-state index contributed by atoms with van der Waals surface area (Å²) in [6.45, 7) is 1.52. The summed E-state index contributed by atoms with van der Waals surface area (Å²) in [4.78, 5) is 4.34. The Hall–Kier alpha value is -2.32. The maximum absolute atomic E-state index is 9.30. The Morgan fingerprint density at radius 3 is 3.14 bits per heavy atom. The van der Waals surface area contributed by atoms with Crippen molar-refractivity contribution in [3.05, 3.63) is 30.0 Å². The van der Waals surface area contributed by atoms with Gasteiger partial charge in [-0.2, -0.15) is 5.26 Å². The van der Waals surface area contributed by atoms with E-state index in [1.807, 2.05) is 18.2 Å². The number of ether oxygens (including phenoxy) is 2. The third-order valence-electron chi connectivity index (χ3n) is 3.73. The van der Waals surface area contributed by atoms with Gasteiger partial charge in [0.1, 0.15) is 17.3 Å². The Balaban J connectivity index is 1.99. The van der Waals surface area contributed by atoms with E-state index in [2.05, 4.69) is 16.4 Å². The third-order valence-corrected chi connectivity index (χ3v) is 3.73. The van der Waals surface area contributed by atoms with Crippen molar-refractivity contribution in [2.45, 2.75) is 18.9 Å². The summed E-state index contributed by atoms with van der Waals surface area (Å²) in [5.41, 5.74) is 2.10. The highest BCUT2D eigenvalue weighted by Crippen LogP contribution is 2.31.